The van der Waals surface area contributed by atoms with Crippen LogP contribution in [0.15, 0.2) is 23.1 Å². The highest BCUT2D eigenvalue weighted by Crippen LogP contribution is 2.15. The average Bonchev–Trinajstić information content (AvgIpc) is 2.43. The number of nitrogens with one attached hydrogen (secondary N) is 1. The van der Waals surface area contributed by atoms with Crippen LogP contribution >= 0.6 is 0 Å². The highest BCUT2D eigenvalue weighted by molar-refractivity contribution is 7.89. The van der Waals surface area contributed by atoms with Gasteiger partial charge in [-0.3, -0.25) is 0 Å². The van der Waals surface area contributed by atoms with Gasteiger partial charge in [-0.15, -0.1) is 0 Å². The first-order chi connectivity index (χ1) is 9.51. The van der Waals surface area contributed by atoms with E-state index in [2.05, 4.69) is 11.6 Å². The van der Waals surface area contributed by atoms with Gasteiger partial charge in [0.15, 0.2) is 0 Å². The van der Waals surface area contributed by atoms with E-state index >= 15 is 0 Å². The highest BCUT2D eigenvalue weighted by atomic mass is 32.2. The number of aryl methyl sites for hydroxylation is 1. The molecule has 1 aromatic rings. The third-order valence-corrected chi connectivity index (χ3v) is 4.44. The zero-order chi connectivity index (χ0) is 15.0. The number of ether oxygens (including phenoxy) is 1. The molecule has 1 aromatic carbocycles. The van der Waals surface area contributed by atoms with Crippen molar-refractivity contribution in [3.05, 3.63) is 29.3 Å². The van der Waals surface area contributed by atoms with E-state index in [-0.39, 0.29) is 18.0 Å². The quantitative estimate of drug-likeness (QED) is 0.679. The number of benzene rings is 1. The molecule has 0 spiro atoms. The van der Waals surface area contributed by atoms with Gasteiger partial charge in [0.25, 0.3) is 0 Å². The predicted octanol–water partition coefficient (Wildman–Crippen LogP) is 1.58. The van der Waals surface area contributed by atoms with Gasteiger partial charge in [0.1, 0.15) is 0 Å². The lowest BCUT2D eigenvalue weighted by atomic mass is 10.1. The van der Waals surface area contributed by atoms with E-state index in [9.17, 15) is 8.42 Å². The van der Waals surface area contributed by atoms with Crippen LogP contribution in [0, 0.1) is 6.92 Å². The Kier molecular flexibility index (Phi) is 7.15. The summed E-state index contributed by atoms with van der Waals surface area (Å²) in [6.45, 7) is 4.98. The maximum absolute atomic E-state index is 12.1. The molecule has 0 saturated carbocycles. The molecule has 0 saturated heterocycles. The lowest BCUT2D eigenvalue weighted by Gasteiger charge is -2.09. The summed E-state index contributed by atoms with van der Waals surface area (Å²) in [7, 11) is -3.54. The van der Waals surface area contributed by atoms with E-state index in [4.69, 9.17) is 9.84 Å². The molecule has 0 aliphatic rings. The summed E-state index contributed by atoms with van der Waals surface area (Å²) in [4.78, 5) is 0.167. The van der Waals surface area contributed by atoms with E-state index in [0.29, 0.717) is 18.8 Å². The summed E-state index contributed by atoms with van der Waals surface area (Å²) < 4.78 is 31.9. The van der Waals surface area contributed by atoms with Crippen LogP contribution in [-0.2, 0) is 21.4 Å². The molecule has 5 nitrogen and oxygen atoms in total. The van der Waals surface area contributed by atoms with Crippen LogP contribution < -0.4 is 4.72 Å². The van der Waals surface area contributed by atoms with Crippen molar-refractivity contribution in [2.24, 2.45) is 0 Å². The maximum Gasteiger partial charge on any atom is 0.240 e. The molecular weight excluding hydrogens is 278 g/mol. The summed E-state index contributed by atoms with van der Waals surface area (Å²) in [5, 5.41) is 9.17. The van der Waals surface area contributed by atoms with Crippen molar-refractivity contribution < 1.29 is 18.3 Å². The third-order valence-electron chi connectivity index (χ3n) is 2.98. The van der Waals surface area contributed by atoms with Gasteiger partial charge in [-0.2, -0.15) is 0 Å². The smallest absolute Gasteiger partial charge is 0.240 e. The van der Waals surface area contributed by atoms with Gasteiger partial charge in [-0.25, -0.2) is 13.1 Å². The number of rotatable bonds is 9. The summed E-state index contributed by atoms with van der Waals surface area (Å²) in [5.74, 6) is 0. The van der Waals surface area contributed by atoms with E-state index in [0.717, 1.165) is 18.4 Å². The van der Waals surface area contributed by atoms with Crippen LogP contribution in [0.4, 0.5) is 0 Å². The van der Waals surface area contributed by atoms with E-state index in [1.54, 1.807) is 6.07 Å². The van der Waals surface area contributed by atoms with E-state index in [1.165, 1.54) is 12.1 Å². The first kappa shape index (κ1) is 17.1. The summed E-state index contributed by atoms with van der Waals surface area (Å²) in [5.41, 5.74) is 1.49. The number of sulfonamides is 1. The van der Waals surface area contributed by atoms with Gasteiger partial charge in [0, 0.05) is 13.2 Å². The standard InChI is InChI=1S/C14H23NO4S/c1-3-4-8-19-9-7-15-20(17,18)14-6-5-12(2)13(10-14)11-16/h5-6,10,15-16H,3-4,7-9,11H2,1-2H3. The molecule has 0 atom stereocenters. The lowest BCUT2D eigenvalue weighted by molar-refractivity contribution is 0.136. The topological polar surface area (TPSA) is 75.6 Å². The molecule has 20 heavy (non-hydrogen) atoms. The first-order valence-corrected chi connectivity index (χ1v) is 8.27. The van der Waals surface area contributed by atoms with Crippen LogP contribution in [0.25, 0.3) is 0 Å². The Morgan fingerprint density at radius 3 is 2.70 bits per heavy atom. The molecule has 1 rings (SSSR count). The van der Waals surface area contributed by atoms with Crippen molar-refractivity contribution in [3.8, 4) is 0 Å². The van der Waals surface area contributed by atoms with Crippen molar-refractivity contribution in [1.82, 2.24) is 4.72 Å². The summed E-state index contributed by atoms with van der Waals surface area (Å²) >= 11 is 0. The van der Waals surface area contributed by atoms with Gasteiger partial charge in [0.05, 0.1) is 18.1 Å². The second kappa shape index (κ2) is 8.36. The van der Waals surface area contributed by atoms with Crippen molar-refractivity contribution in [2.75, 3.05) is 19.8 Å². The minimum atomic E-state index is -3.54. The highest BCUT2D eigenvalue weighted by Gasteiger charge is 2.14. The zero-order valence-corrected chi connectivity index (χ0v) is 12.9. The Morgan fingerprint density at radius 2 is 2.05 bits per heavy atom. The van der Waals surface area contributed by atoms with Crippen molar-refractivity contribution in [2.45, 2.75) is 38.2 Å². The van der Waals surface area contributed by atoms with Crippen molar-refractivity contribution >= 4 is 10.0 Å². The number of unbranched alkanes of at least 4 members (excludes halogenated alkanes) is 1. The van der Waals surface area contributed by atoms with Crippen LogP contribution in [0.3, 0.4) is 0 Å². The second-order valence-corrected chi connectivity index (χ2v) is 6.38. The van der Waals surface area contributed by atoms with Gasteiger partial charge in [-0.1, -0.05) is 19.4 Å². The minimum Gasteiger partial charge on any atom is -0.392 e. The number of hydrogen-bond donors (Lipinski definition) is 2. The van der Waals surface area contributed by atoms with Gasteiger partial charge < -0.3 is 9.84 Å². The monoisotopic (exact) mass is 301 g/mol. The van der Waals surface area contributed by atoms with Gasteiger partial charge >= 0.3 is 0 Å². The first-order valence-electron chi connectivity index (χ1n) is 6.79. The molecule has 0 aliphatic heterocycles. The zero-order valence-electron chi connectivity index (χ0n) is 12.1. The SMILES string of the molecule is CCCCOCCNS(=O)(=O)c1ccc(C)c(CO)c1. The molecule has 0 aliphatic carbocycles. The Morgan fingerprint density at radius 1 is 1.30 bits per heavy atom. The van der Waals surface area contributed by atoms with Crippen LogP contribution in [0.5, 0.6) is 0 Å². The molecule has 0 fully saturated rings. The fourth-order valence-corrected chi connectivity index (χ4v) is 2.73. The maximum atomic E-state index is 12.1. The Balaban J connectivity index is 2.56. The van der Waals surface area contributed by atoms with Crippen molar-refractivity contribution in [3.63, 3.8) is 0 Å². The lowest BCUT2D eigenvalue weighted by Crippen LogP contribution is -2.27. The summed E-state index contributed by atoms with van der Waals surface area (Å²) in [6.07, 6.45) is 2.03. The number of aliphatic hydroxyl groups is 1. The molecule has 0 unspecified atom stereocenters. The predicted molar refractivity (Wildman–Crippen MR) is 78.0 cm³/mol. The second-order valence-electron chi connectivity index (χ2n) is 4.61. The number of hydrogen-bond acceptors (Lipinski definition) is 4. The Hall–Kier alpha value is -0.950. The van der Waals surface area contributed by atoms with Crippen molar-refractivity contribution in [1.29, 1.82) is 0 Å². The van der Waals surface area contributed by atoms with Crippen LogP contribution in [-0.4, -0.2) is 33.3 Å². The van der Waals surface area contributed by atoms with E-state index in [1.807, 2.05) is 6.92 Å². The fourth-order valence-electron chi connectivity index (χ4n) is 1.67. The molecule has 0 aromatic heterocycles. The van der Waals surface area contributed by atoms with Crippen LogP contribution in [0.2, 0.25) is 0 Å². The fraction of sp³-hybridized carbons (Fsp3) is 0.571. The molecule has 0 radical (unpaired) electrons. The normalized spacial score (nSPS) is 11.8. The molecule has 0 heterocycles. The average molecular weight is 301 g/mol. The third kappa shape index (κ3) is 5.20. The summed E-state index contributed by atoms with van der Waals surface area (Å²) in [6, 6.07) is 4.72. The Labute approximate surface area is 121 Å². The molecular formula is C14H23NO4S. The Bertz CT molecular complexity index is 514. The van der Waals surface area contributed by atoms with Crippen LogP contribution in [0.1, 0.15) is 30.9 Å². The molecule has 114 valence electrons. The molecule has 0 bridgehead atoms. The van der Waals surface area contributed by atoms with Gasteiger partial charge in [0.2, 0.25) is 10.0 Å². The van der Waals surface area contributed by atoms with Gasteiger partial charge in [-0.05, 0) is 36.6 Å². The molecule has 6 heteroatoms. The van der Waals surface area contributed by atoms with E-state index < -0.39 is 10.0 Å². The minimum absolute atomic E-state index is 0.167. The molecule has 2 N–H and O–H groups in total. The molecule has 0 amide bonds. The number of aliphatic hydroxyl groups excluding tert-OH is 1. The largest absolute Gasteiger partial charge is 0.392 e.